The van der Waals surface area contributed by atoms with Gasteiger partial charge in [0.2, 0.25) is 5.89 Å². The van der Waals surface area contributed by atoms with Crippen molar-refractivity contribution in [1.82, 2.24) is 10.2 Å². The normalized spacial score (nSPS) is 12.5. The van der Waals surface area contributed by atoms with Gasteiger partial charge < -0.3 is 23.9 Å². The van der Waals surface area contributed by atoms with Crippen molar-refractivity contribution in [3.05, 3.63) is 48.4 Å². The minimum absolute atomic E-state index is 0.141. The topological polar surface area (TPSA) is 95.7 Å². The number of rotatable bonds is 4. The number of ether oxygens (including phenoxy) is 3. The Morgan fingerprint density at radius 1 is 1.08 bits per heavy atom. The number of methoxy groups -OCH3 is 1. The molecule has 2 aromatic carbocycles. The fraction of sp³-hybridized carbons (Fsp3) is 0.167. The maximum atomic E-state index is 12.3. The second kappa shape index (κ2) is 6.75. The molecule has 0 atom stereocenters. The lowest BCUT2D eigenvalue weighted by Gasteiger charge is -2.18. The minimum Gasteiger partial charge on any atom is -0.497 e. The highest BCUT2D eigenvalue weighted by molar-refractivity contribution is 6.01. The van der Waals surface area contributed by atoms with Crippen LogP contribution in [0.5, 0.6) is 17.2 Å². The number of carbonyl (C=O) groups is 1. The molecule has 1 amide bonds. The van der Waals surface area contributed by atoms with Gasteiger partial charge >= 0.3 is 11.8 Å². The molecule has 8 heteroatoms. The lowest BCUT2D eigenvalue weighted by molar-refractivity contribution is 0.0990. The number of carbonyl (C=O) groups excluding carboxylic acids is 1. The van der Waals surface area contributed by atoms with Gasteiger partial charge in [0, 0.05) is 17.3 Å². The van der Waals surface area contributed by atoms with Crippen molar-refractivity contribution in [2.24, 2.45) is 0 Å². The molecule has 132 valence electrons. The molecule has 1 aliphatic rings. The maximum absolute atomic E-state index is 12.3. The van der Waals surface area contributed by atoms with Crippen LogP contribution in [0, 0.1) is 0 Å². The number of hydrogen-bond acceptors (Lipinski definition) is 7. The zero-order valence-electron chi connectivity index (χ0n) is 13.9. The van der Waals surface area contributed by atoms with E-state index in [1.54, 1.807) is 49.6 Å². The number of benzene rings is 2. The molecule has 0 saturated heterocycles. The third kappa shape index (κ3) is 3.16. The SMILES string of the molecule is COc1cccc(-c2nnc(C(=O)Nc3ccc4c(c3)OCCO4)o2)c1. The largest absolute Gasteiger partial charge is 0.497 e. The van der Waals surface area contributed by atoms with Gasteiger partial charge in [0.05, 0.1) is 7.11 Å². The molecule has 8 nitrogen and oxygen atoms in total. The van der Waals surface area contributed by atoms with E-state index in [9.17, 15) is 4.79 Å². The average molecular weight is 353 g/mol. The second-order valence-electron chi connectivity index (χ2n) is 5.46. The van der Waals surface area contributed by atoms with Crippen molar-refractivity contribution >= 4 is 11.6 Å². The lowest BCUT2D eigenvalue weighted by Crippen LogP contribution is -2.16. The first kappa shape index (κ1) is 15.9. The van der Waals surface area contributed by atoms with Crippen molar-refractivity contribution in [3.8, 4) is 28.7 Å². The van der Waals surface area contributed by atoms with Gasteiger partial charge in [0.1, 0.15) is 19.0 Å². The predicted octanol–water partition coefficient (Wildman–Crippen LogP) is 2.77. The van der Waals surface area contributed by atoms with Crippen molar-refractivity contribution in [2.45, 2.75) is 0 Å². The van der Waals surface area contributed by atoms with Gasteiger partial charge in [0.15, 0.2) is 11.5 Å². The lowest BCUT2D eigenvalue weighted by atomic mass is 10.2. The van der Waals surface area contributed by atoms with Gasteiger partial charge in [-0.25, -0.2) is 0 Å². The van der Waals surface area contributed by atoms with E-state index in [-0.39, 0.29) is 11.8 Å². The second-order valence-corrected chi connectivity index (χ2v) is 5.46. The number of nitrogens with one attached hydrogen (secondary N) is 1. The van der Waals surface area contributed by atoms with Crippen LogP contribution in [-0.2, 0) is 0 Å². The Morgan fingerprint density at radius 2 is 1.92 bits per heavy atom. The molecular formula is C18H15N3O5. The zero-order chi connectivity index (χ0) is 17.9. The highest BCUT2D eigenvalue weighted by Crippen LogP contribution is 2.32. The Kier molecular flexibility index (Phi) is 4.14. The molecular weight excluding hydrogens is 338 g/mol. The highest BCUT2D eigenvalue weighted by Gasteiger charge is 2.18. The summed E-state index contributed by atoms with van der Waals surface area (Å²) in [5, 5.41) is 10.4. The van der Waals surface area contributed by atoms with Gasteiger partial charge in [-0.1, -0.05) is 6.07 Å². The summed E-state index contributed by atoms with van der Waals surface area (Å²) < 4.78 is 21.6. The summed E-state index contributed by atoms with van der Waals surface area (Å²) in [5.74, 6) is 1.46. The molecule has 1 aliphatic heterocycles. The first-order valence-electron chi connectivity index (χ1n) is 7.92. The smallest absolute Gasteiger partial charge is 0.313 e. The molecule has 1 aromatic heterocycles. The van der Waals surface area contributed by atoms with Crippen LogP contribution < -0.4 is 19.5 Å². The summed E-state index contributed by atoms with van der Waals surface area (Å²) in [6.07, 6.45) is 0. The van der Waals surface area contributed by atoms with Crippen molar-refractivity contribution in [3.63, 3.8) is 0 Å². The predicted molar refractivity (Wildman–Crippen MR) is 91.7 cm³/mol. The molecule has 0 fully saturated rings. The standard InChI is InChI=1S/C18H15N3O5/c1-23-13-4-2-3-11(9-13)17-20-21-18(26-17)16(22)19-12-5-6-14-15(10-12)25-8-7-24-14/h2-6,9-10H,7-8H2,1H3,(H,19,22). The molecule has 1 N–H and O–H groups in total. The first-order valence-corrected chi connectivity index (χ1v) is 7.92. The summed E-state index contributed by atoms with van der Waals surface area (Å²) in [4.78, 5) is 12.3. The van der Waals surface area contributed by atoms with Crippen LogP contribution in [-0.4, -0.2) is 36.4 Å². The summed E-state index contributed by atoms with van der Waals surface area (Å²) in [5.41, 5.74) is 1.20. The van der Waals surface area contributed by atoms with Crippen LogP contribution in [0.3, 0.4) is 0 Å². The molecule has 26 heavy (non-hydrogen) atoms. The van der Waals surface area contributed by atoms with Gasteiger partial charge in [-0.05, 0) is 30.3 Å². The number of nitrogens with zero attached hydrogens (tertiary/aromatic N) is 2. The fourth-order valence-electron chi connectivity index (χ4n) is 2.49. The Labute approximate surface area is 148 Å². The molecule has 0 radical (unpaired) electrons. The van der Waals surface area contributed by atoms with Crippen molar-refractivity contribution < 1.29 is 23.4 Å². The first-order chi connectivity index (χ1) is 12.7. The monoisotopic (exact) mass is 353 g/mol. The third-order valence-corrected chi connectivity index (χ3v) is 3.74. The molecule has 0 saturated carbocycles. The van der Waals surface area contributed by atoms with E-state index in [2.05, 4.69) is 15.5 Å². The van der Waals surface area contributed by atoms with E-state index < -0.39 is 5.91 Å². The molecule has 3 aromatic rings. The minimum atomic E-state index is -0.511. The number of amides is 1. The van der Waals surface area contributed by atoms with Gasteiger partial charge in [-0.15, -0.1) is 10.2 Å². The van der Waals surface area contributed by atoms with Crippen LogP contribution >= 0.6 is 0 Å². The average Bonchev–Trinajstić information content (AvgIpc) is 3.18. The molecule has 2 heterocycles. The Hall–Kier alpha value is -3.55. The van der Waals surface area contributed by atoms with Gasteiger partial charge in [-0.2, -0.15) is 0 Å². The van der Waals surface area contributed by atoms with Crippen LogP contribution in [0.25, 0.3) is 11.5 Å². The van der Waals surface area contributed by atoms with Crippen LogP contribution in [0.1, 0.15) is 10.7 Å². The van der Waals surface area contributed by atoms with Crippen LogP contribution in [0.15, 0.2) is 46.9 Å². The van der Waals surface area contributed by atoms with E-state index in [1.807, 2.05) is 0 Å². The van der Waals surface area contributed by atoms with E-state index in [4.69, 9.17) is 18.6 Å². The van der Waals surface area contributed by atoms with E-state index in [0.717, 1.165) is 0 Å². The summed E-state index contributed by atoms with van der Waals surface area (Å²) >= 11 is 0. The Morgan fingerprint density at radius 3 is 2.77 bits per heavy atom. The van der Waals surface area contributed by atoms with Crippen molar-refractivity contribution in [1.29, 1.82) is 0 Å². The maximum Gasteiger partial charge on any atom is 0.313 e. The number of aromatic nitrogens is 2. The summed E-state index contributed by atoms with van der Waals surface area (Å²) in [6.45, 7) is 0.978. The third-order valence-electron chi connectivity index (χ3n) is 3.74. The summed E-state index contributed by atoms with van der Waals surface area (Å²) in [7, 11) is 1.57. The molecule has 0 aliphatic carbocycles. The molecule has 0 spiro atoms. The van der Waals surface area contributed by atoms with Gasteiger partial charge in [0.25, 0.3) is 0 Å². The fourth-order valence-corrected chi connectivity index (χ4v) is 2.49. The quantitative estimate of drug-likeness (QED) is 0.770. The van der Waals surface area contributed by atoms with Crippen LogP contribution in [0.2, 0.25) is 0 Å². The number of hydrogen-bond donors (Lipinski definition) is 1. The van der Waals surface area contributed by atoms with E-state index in [1.165, 1.54) is 0 Å². The molecule has 0 bridgehead atoms. The Balaban J connectivity index is 1.51. The van der Waals surface area contributed by atoms with E-state index >= 15 is 0 Å². The molecule has 0 unspecified atom stereocenters. The van der Waals surface area contributed by atoms with E-state index in [0.29, 0.717) is 41.7 Å². The summed E-state index contributed by atoms with van der Waals surface area (Å²) in [6, 6.07) is 12.3. The zero-order valence-corrected chi connectivity index (χ0v) is 13.9. The van der Waals surface area contributed by atoms with Gasteiger partial charge in [-0.3, -0.25) is 4.79 Å². The molecule has 4 rings (SSSR count). The number of fused-ring (bicyclic) bond motifs is 1. The Bertz CT molecular complexity index is 954. The van der Waals surface area contributed by atoms with Crippen molar-refractivity contribution in [2.75, 3.05) is 25.6 Å². The van der Waals surface area contributed by atoms with Crippen LogP contribution in [0.4, 0.5) is 5.69 Å². The number of anilines is 1. The highest BCUT2D eigenvalue weighted by atomic mass is 16.6.